The Kier molecular flexibility index (Phi) is 3.66. The van der Waals surface area contributed by atoms with Gasteiger partial charge in [0.2, 0.25) is 0 Å². The molecule has 0 radical (unpaired) electrons. The van der Waals surface area contributed by atoms with Crippen LogP contribution in [0.3, 0.4) is 0 Å². The number of carboxylic acid groups (broad SMARTS) is 1. The predicted molar refractivity (Wildman–Crippen MR) is 65.1 cm³/mol. The molecule has 0 unspecified atom stereocenters. The molecule has 1 aromatic carbocycles. The van der Waals surface area contributed by atoms with Gasteiger partial charge in [-0.25, -0.2) is 4.79 Å². The van der Waals surface area contributed by atoms with Crippen molar-refractivity contribution < 1.29 is 19.4 Å². The molecule has 1 N–H and O–H groups in total. The lowest BCUT2D eigenvalue weighted by atomic mass is 9.86. The molecule has 0 saturated carbocycles. The average molecular weight is 238 g/mol. The number of aryl methyl sites for hydroxylation is 1. The summed E-state index contributed by atoms with van der Waals surface area (Å²) >= 11 is 0. The predicted octanol–water partition coefficient (Wildman–Crippen LogP) is 3.36. The SMILES string of the molecule is COc1c(C)cc(C(C)(C)C)cc1OC(=O)O. The molecule has 1 rings (SSSR count). The highest BCUT2D eigenvalue weighted by atomic mass is 16.7. The second-order valence-electron chi connectivity index (χ2n) is 4.94. The van der Waals surface area contributed by atoms with Gasteiger partial charge in [-0.2, -0.15) is 0 Å². The van der Waals surface area contributed by atoms with Crippen LogP contribution < -0.4 is 9.47 Å². The Morgan fingerprint density at radius 2 is 1.88 bits per heavy atom. The third-order valence-electron chi connectivity index (χ3n) is 2.51. The Labute approximate surface area is 101 Å². The number of ether oxygens (including phenoxy) is 2. The third kappa shape index (κ3) is 3.12. The van der Waals surface area contributed by atoms with Gasteiger partial charge < -0.3 is 14.6 Å². The topological polar surface area (TPSA) is 55.8 Å². The van der Waals surface area contributed by atoms with Crippen LogP contribution >= 0.6 is 0 Å². The van der Waals surface area contributed by atoms with Crippen LogP contribution in [0.15, 0.2) is 12.1 Å². The molecule has 4 heteroatoms. The van der Waals surface area contributed by atoms with E-state index in [0.717, 1.165) is 11.1 Å². The first-order valence-corrected chi connectivity index (χ1v) is 5.35. The summed E-state index contributed by atoms with van der Waals surface area (Å²) in [6.07, 6.45) is -1.34. The van der Waals surface area contributed by atoms with Crippen molar-refractivity contribution in [2.24, 2.45) is 0 Å². The molecule has 0 saturated heterocycles. The van der Waals surface area contributed by atoms with E-state index in [9.17, 15) is 4.79 Å². The van der Waals surface area contributed by atoms with E-state index in [0.29, 0.717) is 5.75 Å². The molecule has 0 fully saturated rings. The summed E-state index contributed by atoms with van der Waals surface area (Å²) in [7, 11) is 1.49. The standard InChI is InChI=1S/C13H18O4/c1-8-6-9(13(2,3)4)7-10(11(8)16-5)17-12(14)15/h6-7H,1-5H3,(H,14,15). The summed E-state index contributed by atoms with van der Waals surface area (Å²) in [5.41, 5.74) is 1.79. The van der Waals surface area contributed by atoms with Crippen molar-refractivity contribution in [3.8, 4) is 11.5 Å². The minimum atomic E-state index is -1.34. The largest absolute Gasteiger partial charge is 0.511 e. The lowest BCUT2D eigenvalue weighted by molar-refractivity contribution is 0.142. The molecule has 17 heavy (non-hydrogen) atoms. The van der Waals surface area contributed by atoms with Crippen LogP contribution in [0.25, 0.3) is 0 Å². The van der Waals surface area contributed by atoms with Crippen LogP contribution in [0, 0.1) is 6.92 Å². The van der Waals surface area contributed by atoms with Crippen molar-refractivity contribution in [3.05, 3.63) is 23.3 Å². The molecule has 0 heterocycles. The molecule has 0 amide bonds. The van der Waals surface area contributed by atoms with Gasteiger partial charge in [-0.1, -0.05) is 26.8 Å². The van der Waals surface area contributed by atoms with Gasteiger partial charge >= 0.3 is 6.16 Å². The van der Waals surface area contributed by atoms with E-state index in [1.165, 1.54) is 7.11 Å². The van der Waals surface area contributed by atoms with E-state index in [-0.39, 0.29) is 11.2 Å². The molecular formula is C13H18O4. The molecule has 94 valence electrons. The van der Waals surface area contributed by atoms with Crippen molar-refractivity contribution in [1.29, 1.82) is 0 Å². The molecule has 0 aliphatic carbocycles. The van der Waals surface area contributed by atoms with Gasteiger partial charge in [0, 0.05) is 0 Å². The number of benzene rings is 1. The van der Waals surface area contributed by atoms with Gasteiger partial charge in [-0.05, 0) is 29.5 Å². The van der Waals surface area contributed by atoms with E-state index in [4.69, 9.17) is 14.6 Å². The smallest absolute Gasteiger partial charge is 0.493 e. The van der Waals surface area contributed by atoms with Gasteiger partial charge in [0.1, 0.15) is 0 Å². The van der Waals surface area contributed by atoms with Crippen LogP contribution in [0.4, 0.5) is 4.79 Å². The number of hydrogen-bond donors (Lipinski definition) is 1. The number of methoxy groups -OCH3 is 1. The quantitative estimate of drug-likeness (QED) is 0.634. The monoisotopic (exact) mass is 238 g/mol. The first kappa shape index (κ1) is 13.4. The van der Waals surface area contributed by atoms with Crippen molar-refractivity contribution in [3.63, 3.8) is 0 Å². The Morgan fingerprint density at radius 3 is 2.29 bits per heavy atom. The third-order valence-corrected chi connectivity index (χ3v) is 2.51. The Hall–Kier alpha value is -1.71. The highest BCUT2D eigenvalue weighted by Crippen LogP contribution is 2.36. The van der Waals surface area contributed by atoms with Crippen LogP contribution in [-0.2, 0) is 5.41 Å². The van der Waals surface area contributed by atoms with Crippen molar-refractivity contribution in [2.75, 3.05) is 7.11 Å². The van der Waals surface area contributed by atoms with Gasteiger partial charge in [-0.15, -0.1) is 0 Å². The normalized spacial score (nSPS) is 11.1. The zero-order chi connectivity index (χ0) is 13.2. The van der Waals surface area contributed by atoms with E-state index in [1.807, 2.05) is 13.0 Å². The first-order valence-electron chi connectivity index (χ1n) is 5.35. The van der Waals surface area contributed by atoms with Gasteiger partial charge in [-0.3, -0.25) is 0 Å². The van der Waals surface area contributed by atoms with E-state index in [1.54, 1.807) is 6.07 Å². The van der Waals surface area contributed by atoms with Gasteiger partial charge in [0.15, 0.2) is 11.5 Å². The molecule has 0 aliphatic rings. The molecule has 1 aromatic rings. The minimum Gasteiger partial charge on any atom is -0.493 e. The van der Waals surface area contributed by atoms with E-state index in [2.05, 4.69) is 20.8 Å². The fourth-order valence-electron chi connectivity index (χ4n) is 1.61. The average Bonchev–Trinajstić information content (AvgIpc) is 2.14. The summed E-state index contributed by atoms with van der Waals surface area (Å²) in [6, 6.07) is 3.69. The van der Waals surface area contributed by atoms with E-state index < -0.39 is 6.16 Å². The molecular weight excluding hydrogens is 220 g/mol. The first-order chi connectivity index (χ1) is 7.75. The summed E-state index contributed by atoms with van der Waals surface area (Å²) in [4.78, 5) is 10.6. The fourth-order valence-corrected chi connectivity index (χ4v) is 1.61. The van der Waals surface area contributed by atoms with E-state index >= 15 is 0 Å². The fraction of sp³-hybridized carbons (Fsp3) is 0.462. The molecule has 4 nitrogen and oxygen atoms in total. The summed E-state index contributed by atoms with van der Waals surface area (Å²) < 4.78 is 9.90. The van der Waals surface area contributed by atoms with Crippen LogP contribution in [0.1, 0.15) is 31.9 Å². The lowest BCUT2D eigenvalue weighted by Gasteiger charge is -2.21. The Balaban J connectivity index is 3.33. The maximum Gasteiger partial charge on any atom is 0.511 e. The second-order valence-corrected chi connectivity index (χ2v) is 4.94. The molecule has 0 atom stereocenters. The highest BCUT2D eigenvalue weighted by Gasteiger charge is 2.20. The van der Waals surface area contributed by atoms with Crippen LogP contribution in [-0.4, -0.2) is 18.4 Å². The molecule has 0 aliphatic heterocycles. The van der Waals surface area contributed by atoms with Crippen LogP contribution in [0.2, 0.25) is 0 Å². The molecule has 0 bridgehead atoms. The maximum atomic E-state index is 10.6. The highest BCUT2D eigenvalue weighted by molar-refractivity contribution is 5.64. The summed E-state index contributed by atoms with van der Waals surface area (Å²) in [5.74, 6) is 0.699. The zero-order valence-corrected chi connectivity index (χ0v) is 10.8. The number of rotatable bonds is 2. The number of carbonyl (C=O) groups is 1. The Bertz CT molecular complexity index is 430. The zero-order valence-electron chi connectivity index (χ0n) is 10.8. The molecule has 0 aromatic heterocycles. The lowest BCUT2D eigenvalue weighted by Crippen LogP contribution is -2.13. The van der Waals surface area contributed by atoms with Crippen molar-refractivity contribution in [2.45, 2.75) is 33.1 Å². The van der Waals surface area contributed by atoms with Crippen molar-refractivity contribution >= 4 is 6.16 Å². The van der Waals surface area contributed by atoms with Crippen LogP contribution in [0.5, 0.6) is 11.5 Å². The second kappa shape index (κ2) is 4.65. The van der Waals surface area contributed by atoms with Gasteiger partial charge in [0.25, 0.3) is 0 Å². The summed E-state index contributed by atoms with van der Waals surface area (Å²) in [6.45, 7) is 8.03. The minimum absolute atomic E-state index is 0.0757. The Morgan fingerprint density at radius 1 is 1.29 bits per heavy atom. The number of hydrogen-bond acceptors (Lipinski definition) is 3. The molecule has 0 spiro atoms. The van der Waals surface area contributed by atoms with Crippen molar-refractivity contribution in [1.82, 2.24) is 0 Å². The van der Waals surface area contributed by atoms with Gasteiger partial charge in [0.05, 0.1) is 7.11 Å². The maximum absolute atomic E-state index is 10.6. The summed E-state index contributed by atoms with van der Waals surface area (Å²) in [5, 5.41) is 8.69.